The number of rotatable bonds is 9. The molecule has 0 amide bonds. The number of carbonyl (C=O) groups excluding carboxylic acids is 2. The number of hydrogen-bond acceptors (Lipinski definition) is 8. The predicted molar refractivity (Wildman–Crippen MR) is 216 cm³/mol. The van der Waals surface area contributed by atoms with E-state index in [-0.39, 0.29) is 70.6 Å². The highest BCUT2D eigenvalue weighted by Crippen LogP contribution is 2.70. The Balaban J connectivity index is 0.000000214. The molecule has 0 aliphatic heterocycles. The number of ether oxygens (including phenoxy) is 6. The molecule has 0 spiro atoms. The van der Waals surface area contributed by atoms with Crippen molar-refractivity contribution in [3.8, 4) is 11.8 Å². The summed E-state index contributed by atoms with van der Waals surface area (Å²) in [5.41, 5.74) is -0.489. The molecule has 0 aromatic heterocycles. The van der Waals surface area contributed by atoms with E-state index in [0.29, 0.717) is 54.9 Å². The van der Waals surface area contributed by atoms with Crippen molar-refractivity contribution >= 4 is 11.6 Å². The van der Waals surface area contributed by atoms with Crippen molar-refractivity contribution < 1.29 is 38.0 Å². The van der Waals surface area contributed by atoms with Crippen molar-refractivity contribution in [3.05, 3.63) is 0 Å². The molecule has 6 aliphatic rings. The van der Waals surface area contributed by atoms with Crippen LogP contribution in [0.15, 0.2) is 0 Å². The lowest BCUT2D eigenvalue weighted by atomic mass is 9.44. The van der Waals surface area contributed by atoms with E-state index < -0.39 is 5.41 Å². The number of Topliss-reactive ketones (excluding diaryl/α,β-unsaturated/α-hetero) is 2. The molecule has 8 heteroatoms. The van der Waals surface area contributed by atoms with Crippen LogP contribution in [0.4, 0.5) is 0 Å². The van der Waals surface area contributed by atoms with E-state index in [9.17, 15) is 9.59 Å². The first-order valence-corrected chi connectivity index (χ1v) is 21.8. The highest BCUT2D eigenvalue weighted by atomic mass is 16.7. The molecule has 6 fully saturated rings. The van der Waals surface area contributed by atoms with Gasteiger partial charge in [-0.3, -0.25) is 9.59 Å². The molecule has 0 aromatic rings. The summed E-state index contributed by atoms with van der Waals surface area (Å²) in [4.78, 5) is 27.3. The summed E-state index contributed by atoms with van der Waals surface area (Å²) in [6.45, 7) is 20.8. The zero-order chi connectivity index (χ0) is 40.6. The molecule has 4 unspecified atom stereocenters. The second-order valence-corrected chi connectivity index (χ2v) is 19.8. The third kappa shape index (κ3) is 7.34. The van der Waals surface area contributed by atoms with Gasteiger partial charge in [0, 0.05) is 75.3 Å². The molecule has 0 saturated heterocycles. The molecule has 0 N–H and O–H groups in total. The molecule has 6 rings (SSSR count). The Labute approximate surface area is 335 Å². The third-order valence-corrected chi connectivity index (χ3v) is 17.7. The standard InChI is InChI=1S/C26H42O4.C21H36O4/c1-8-9-10-13-24(4)16-21(30-17-28-6)25(5)18(2)11-14-26(19(3)23(24)27)15-12-20(29-7)22(25)26;1-13-11-17(25-12-23-5)20(4)14(2)7-9-21(15(3)18(13)22)10-8-16(24-6)19(20)21/h18-22H,8,11-17H2,1-7H3;13-17,19H,7-12H2,1-6H3/t18-,19+,20-,21-,22?,24-,25+,26?;13-,14+,15-,16+,17+,19?,20-,21?/m10/s1. The number of ketones is 2. The molecule has 0 heterocycles. The van der Waals surface area contributed by atoms with Crippen molar-refractivity contribution in [2.75, 3.05) is 42.0 Å². The van der Waals surface area contributed by atoms with E-state index in [1.54, 1.807) is 14.2 Å². The fourth-order valence-electron chi connectivity index (χ4n) is 14.2. The average molecular weight is 771 g/mol. The Morgan fingerprint density at radius 3 is 1.62 bits per heavy atom. The van der Waals surface area contributed by atoms with E-state index >= 15 is 0 Å². The lowest BCUT2D eigenvalue weighted by molar-refractivity contribution is -0.219. The number of hydrogen-bond donors (Lipinski definition) is 0. The minimum atomic E-state index is -0.499. The van der Waals surface area contributed by atoms with Gasteiger partial charge in [-0.1, -0.05) is 62.3 Å². The molecule has 16 atom stereocenters. The van der Waals surface area contributed by atoms with Crippen molar-refractivity contribution in [2.24, 2.45) is 68.5 Å². The van der Waals surface area contributed by atoms with Crippen molar-refractivity contribution in [3.63, 3.8) is 0 Å². The summed E-state index contributed by atoms with van der Waals surface area (Å²) >= 11 is 0. The normalized spacial score (nSPS) is 47.8. The molecular formula is C47H78O8. The van der Waals surface area contributed by atoms with E-state index in [2.05, 4.69) is 74.2 Å². The van der Waals surface area contributed by atoms with Crippen LogP contribution >= 0.6 is 0 Å². The maximum atomic E-state index is 14.1. The summed E-state index contributed by atoms with van der Waals surface area (Å²) in [6.07, 6.45) is 12.1. The van der Waals surface area contributed by atoms with Crippen LogP contribution in [0.1, 0.15) is 139 Å². The Morgan fingerprint density at radius 1 is 0.655 bits per heavy atom. The van der Waals surface area contributed by atoms with E-state index in [4.69, 9.17) is 28.4 Å². The minimum Gasteiger partial charge on any atom is -0.381 e. The van der Waals surface area contributed by atoms with Crippen LogP contribution in [0.2, 0.25) is 0 Å². The Bertz CT molecular complexity index is 1400. The maximum absolute atomic E-state index is 14.1. The van der Waals surface area contributed by atoms with Crippen molar-refractivity contribution in [2.45, 2.75) is 164 Å². The predicted octanol–water partition coefficient (Wildman–Crippen LogP) is 9.31. The zero-order valence-electron chi connectivity index (χ0n) is 37.0. The fraction of sp³-hybridized carbons (Fsp3) is 0.915. The molecule has 8 nitrogen and oxygen atoms in total. The first kappa shape index (κ1) is 44.8. The zero-order valence-corrected chi connectivity index (χ0v) is 37.0. The van der Waals surface area contributed by atoms with Crippen LogP contribution in [0, 0.1) is 80.3 Å². The Kier molecular flexibility index (Phi) is 14.2. The van der Waals surface area contributed by atoms with Gasteiger partial charge in [-0.25, -0.2) is 0 Å². The van der Waals surface area contributed by atoms with E-state index in [0.717, 1.165) is 57.8 Å². The van der Waals surface area contributed by atoms with Crippen LogP contribution in [-0.4, -0.2) is 78.0 Å². The summed E-state index contributed by atoms with van der Waals surface area (Å²) in [5, 5.41) is 0. The monoisotopic (exact) mass is 771 g/mol. The summed E-state index contributed by atoms with van der Waals surface area (Å²) in [7, 11) is 7.02. The fourth-order valence-corrected chi connectivity index (χ4v) is 14.2. The van der Waals surface area contributed by atoms with Crippen LogP contribution < -0.4 is 0 Å². The first-order chi connectivity index (χ1) is 26.0. The lowest BCUT2D eigenvalue weighted by Gasteiger charge is -2.62. The van der Waals surface area contributed by atoms with Crippen LogP contribution in [0.25, 0.3) is 0 Å². The topological polar surface area (TPSA) is 89.5 Å². The van der Waals surface area contributed by atoms with Crippen LogP contribution in [-0.2, 0) is 38.0 Å². The van der Waals surface area contributed by atoms with Gasteiger partial charge in [-0.2, -0.15) is 0 Å². The van der Waals surface area contributed by atoms with Crippen LogP contribution in [0.3, 0.4) is 0 Å². The third-order valence-electron chi connectivity index (χ3n) is 17.7. The summed E-state index contributed by atoms with van der Waals surface area (Å²) < 4.78 is 35.3. The molecular weight excluding hydrogens is 693 g/mol. The molecule has 0 aromatic carbocycles. The minimum absolute atomic E-state index is 0.00638. The van der Waals surface area contributed by atoms with Crippen molar-refractivity contribution in [1.29, 1.82) is 0 Å². The molecule has 0 radical (unpaired) electrons. The summed E-state index contributed by atoms with van der Waals surface area (Å²) in [6, 6.07) is 0. The largest absolute Gasteiger partial charge is 0.381 e. The van der Waals surface area contributed by atoms with Gasteiger partial charge >= 0.3 is 0 Å². The Hall–Kier alpha value is -1.34. The molecule has 4 bridgehead atoms. The van der Waals surface area contributed by atoms with Gasteiger partial charge in [0.2, 0.25) is 0 Å². The highest BCUT2D eigenvalue weighted by Gasteiger charge is 2.69. The number of methoxy groups -OCH3 is 4. The SMILES string of the molecule is CCC#CC[C@]1(C)C[C@@H](OCOC)[C@@]2(C)C3[C@H](OC)CCC3(CC[C@H]2C)[C@@H](C)C1=O.COCO[C@@H]1C[C@H](C)C(=O)[C@H](C)C23CC[C@@H](C)[C@]1(C)C2[C@H](OC)CC3. The number of carbonyl (C=O) groups is 2. The van der Waals surface area contributed by atoms with Gasteiger partial charge in [-0.05, 0) is 98.7 Å². The van der Waals surface area contributed by atoms with E-state index in [1.165, 1.54) is 6.42 Å². The lowest BCUT2D eigenvalue weighted by Crippen LogP contribution is -2.62. The first-order valence-electron chi connectivity index (χ1n) is 21.8. The molecule has 314 valence electrons. The molecule has 55 heavy (non-hydrogen) atoms. The summed E-state index contributed by atoms with van der Waals surface area (Å²) in [5.74, 6) is 9.22. The van der Waals surface area contributed by atoms with Gasteiger partial charge in [0.05, 0.1) is 24.4 Å². The van der Waals surface area contributed by atoms with Crippen molar-refractivity contribution in [1.82, 2.24) is 0 Å². The van der Waals surface area contributed by atoms with Gasteiger partial charge in [-0.15, -0.1) is 11.8 Å². The Morgan fingerprint density at radius 2 is 1.13 bits per heavy atom. The average Bonchev–Trinajstić information content (AvgIpc) is 3.77. The molecule has 6 aliphatic carbocycles. The van der Waals surface area contributed by atoms with Gasteiger partial charge in [0.15, 0.2) is 0 Å². The second-order valence-electron chi connectivity index (χ2n) is 19.8. The quantitative estimate of drug-likeness (QED) is 0.169. The van der Waals surface area contributed by atoms with Gasteiger partial charge in [0.1, 0.15) is 25.2 Å². The van der Waals surface area contributed by atoms with E-state index in [1.807, 2.05) is 14.2 Å². The smallest absolute Gasteiger partial charge is 0.146 e. The maximum Gasteiger partial charge on any atom is 0.146 e. The van der Waals surface area contributed by atoms with Gasteiger partial charge in [0.25, 0.3) is 0 Å². The van der Waals surface area contributed by atoms with Gasteiger partial charge < -0.3 is 28.4 Å². The second kappa shape index (κ2) is 17.5. The van der Waals surface area contributed by atoms with Crippen LogP contribution in [0.5, 0.6) is 0 Å². The highest BCUT2D eigenvalue weighted by molar-refractivity contribution is 5.88. The molecule has 6 saturated carbocycles.